The van der Waals surface area contributed by atoms with Crippen LogP contribution in [0.25, 0.3) is 0 Å². The van der Waals surface area contributed by atoms with Crippen molar-refractivity contribution >= 4 is 23.4 Å². The molecule has 0 atom stereocenters. The van der Waals surface area contributed by atoms with Gasteiger partial charge in [0.2, 0.25) is 5.95 Å². The standard InChI is InChI=1S/C18H21N7O/c1-3-25-11-14(9-22-25)23-18-21-10-15(16(19)26)17(24-18)20-8-13-6-4-12(2)5-7-13/h4-7,9-11H,3,8H2,1-2H3,(H2,19,26)(H2,20,21,23,24). The number of hydrogen-bond donors (Lipinski definition) is 3. The normalized spacial score (nSPS) is 10.5. The largest absolute Gasteiger partial charge is 0.365 e. The fraction of sp³-hybridized carbons (Fsp3) is 0.222. The molecule has 3 rings (SSSR count). The third kappa shape index (κ3) is 4.15. The average molecular weight is 351 g/mol. The Bertz CT molecular complexity index is 902. The highest BCUT2D eigenvalue weighted by atomic mass is 16.1. The van der Waals surface area contributed by atoms with Crippen LogP contribution in [0.2, 0.25) is 0 Å². The van der Waals surface area contributed by atoms with Crippen molar-refractivity contribution in [3.05, 3.63) is 59.5 Å². The smallest absolute Gasteiger partial charge is 0.254 e. The van der Waals surface area contributed by atoms with Gasteiger partial charge in [0.25, 0.3) is 5.91 Å². The Morgan fingerprint density at radius 3 is 2.65 bits per heavy atom. The van der Waals surface area contributed by atoms with Gasteiger partial charge in [0.1, 0.15) is 5.82 Å². The lowest BCUT2D eigenvalue weighted by Crippen LogP contribution is -2.17. The van der Waals surface area contributed by atoms with Crippen molar-refractivity contribution < 1.29 is 4.79 Å². The number of nitrogens with one attached hydrogen (secondary N) is 2. The van der Waals surface area contributed by atoms with E-state index in [2.05, 4.69) is 25.7 Å². The minimum atomic E-state index is -0.582. The molecule has 0 aliphatic heterocycles. The molecular weight excluding hydrogens is 330 g/mol. The third-order valence-corrected chi connectivity index (χ3v) is 3.85. The number of nitrogens with two attached hydrogens (primary N) is 1. The third-order valence-electron chi connectivity index (χ3n) is 3.85. The van der Waals surface area contributed by atoms with E-state index >= 15 is 0 Å². The predicted octanol–water partition coefficient (Wildman–Crippen LogP) is 2.46. The number of amides is 1. The van der Waals surface area contributed by atoms with Crippen LogP contribution >= 0.6 is 0 Å². The fourth-order valence-corrected chi connectivity index (χ4v) is 2.38. The van der Waals surface area contributed by atoms with Crippen LogP contribution in [0.4, 0.5) is 17.5 Å². The summed E-state index contributed by atoms with van der Waals surface area (Å²) in [5.41, 5.74) is 8.70. The number of hydrogen-bond acceptors (Lipinski definition) is 6. The van der Waals surface area contributed by atoms with E-state index in [1.807, 2.05) is 44.3 Å². The summed E-state index contributed by atoms with van der Waals surface area (Å²) >= 11 is 0. The average Bonchev–Trinajstić information content (AvgIpc) is 3.09. The molecule has 1 amide bonds. The SMILES string of the molecule is CCn1cc(Nc2ncc(C(N)=O)c(NCc3ccc(C)cc3)n2)cn1. The Hall–Kier alpha value is -3.42. The topological polar surface area (TPSA) is 111 Å². The molecule has 3 aromatic rings. The van der Waals surface area contributed by atoms with Gasteiger partial charge in [-0.15, -0.1) is 0 Å². The molecule has 2 heterocycles. The highest BCUT2D eigenvalue weighted by Crippen LogP contribution is 2.18. The first-order valence-electron chi connectivity index (χ1n) is 8.31. The molecule has 0 bridgehead atoms. The van der Waals surface area contributed by atoms with Crippen LogP contribution in [-0.2, 0) is 13.1 Å². The second-order valence-corrected chi connectivity index (χ2v) is 5.87. The summed E-state index contributed by atoms with van der Waals surface area (Å²) in [5.74, 6) is 0.164. The zero-order valence-electron chi connectivity index (χ0n) is 14.7. The first-order valence-corrected chi connectivity index (χ1v) is 8.31. The predicted molar refractivity (Wildman–Crippen MR) is 100 cm³/mol. The van der Waals surface area contributed by atoms with Gasteiger partial charge >= 0.3 is 0 Å². The lowest BCUT2D eigenvalue weighted by Gasteiger charge is -2.11. The van der Waals surface area contributed by atoms with Crippen LogP contribution in [0.15, 0.2) is 42.9 Å². The molecule has 0 fully saturated rings. The molecule has 8 heteroatoms. The Balaban J connectivity index is 1.79. The second-order valence-electron chi connectivity index (χ2n) is 5.87. The van der Waals surface area contributed by atoms with Crippen LogP contribution in [0.1, 0.15) is 28.4 Å². The summed E-state index contributed by atoms with van der Waals surface area (Å²) in [6, 6.07) is 8.10. The minimum Gasteiger partial charge on any atom is -0.365 e. The maximum absolute atomic E-state index is 11.7. The molecule has 2 aromatic heterocycles. The van der Waals surface area contributed by atoms with E-state index in [1.54, 1.807) is 10.9 Å². The molecule has 0 radical (unpaired) electrons. The van der Waals surface area contributed by atoms with Crippen molar-refractivity contribution in [3.63, 3.8) is 0 Å². The van der Waals surface area contributed by atoms with Crippen molar-refractivity contribution in [1.82, 2.24) is 19.7 Å². The van der Waals surface area contributed by atoms with Gasteiger partial charge in [0.15, 0.2) is 0 Å². The highest BCUT2D eigenvalue weighted by Gasteiger charge is 2.12. The number of aryl methyl sites for hydroxylation is 2. The van der Waals surface area contributed by atoms with E-state index in [9.17, 15) is 4.79 Å². The lowest BCUT2D eigenvalue weighted by atomic mass is 10.1. The summed E-state index contributed by atoms with van der Waals surface area (Å²) in [6.07, 6.45) is 4.96. The first-order chi connectivity index (χ1) is 12.5. The van der Waals surface area contributed by atoms with Gasteiger partial charge < -0.3 is 16.4 Å². The summed E-state index contributed by atoms with van der Waals surface area (Å²) in [4.78, 5) is 20.2. The zero-order chi connectivity index (χ0) is 18.5. The van der Waals surface area contributed by atoms with Crippen LogP contribution in [0.5, 0.6) is 0 Å². The van der Waals surface area contributed by atoms with Crippen LogP contribution in [-0.4, -0.2) is 25.7 Å². The maximum Gasteiger partial charge on any atom is 0.254 e. The molecule has 0 saturated heterocycles. The van der Waals surface area contributed by atoms with Crippen molar-refractivity contribution in [2.45, 2.75) is 26.9 Å². The number of carbonyl (C=O) groups is 1. The van der Waals surface area contributed by atoms with E-state index < -0.39 is 5.91 Å². The number of benzene rings is 1. The molecule has 134 valence electrons. The van der Waals surface area contributed by atoms with Gasteiger partial charge in [-0.3, -0.25) is 9.48 Å². The van der Waals surface area contributed by atoms with Gasteiger partial charge in [0.05, 0.1) is 17.4 Å². The van der Waals surface area contributed by atoms with Gasteiger partial charge in [-0.25, -0.2) is 4.98 Å². The van der Waals surface area contributed by atoms with Gasteiger partial charge in [0, 0.05) is 25.5 Å². The Labute approximate surface area is 151 Å². The number of rotatable bonds is 7. The number of carbonyl (C=O) groups excluding carboxylic acids is 1. The number of aromatic nitrogens is 4. The maximum atomic E-state index is 11.7. The molecule has 0 unspecified atom stereocenters. The first kappa shape index (κ1) is 17.4. The summed E-state index contributed by atoms with van der Waals surface area (Å²) < 4.78 is 1.79. The fourth-order valence-electron chi connectivity index (χ4n) is 2.38. The quantitative estimate of drug-likeness (QED) is 0.603. The van der Waals surface area contributed by atoms with Gasteiger partial charge in [-0.1, -0.05) is 29.8 Å². The van der Waals surface area contributed by atoms with E-state index in [0.29, 0.717) is 18.3 Å². The van der Waals surface area contributed by atoms with Crippen molar-refractivity contribution in [2.24, 2.45) is 5.73 Å². The minimum absolute atomic E-state index is 0.243. The van der Waals surface area contributed by atoms with Crippen molar-refractivity contribution in [3.8, 4) is 0 Å². The molecule has 1 aromatic carbocycles. The van der Waals surface area contributed by atoms with Crippen molar-refractivity contribution in [2.75, 3.05) is 10.6 Å². The molecule has 0 aliphatic rings. The summed E-state index contributed by atoms with van der Waals surface area (Å²) in [5, 5.41) is 10.4. The van der Waals surface area contributed by atoms with E-state index in [4.69, 9.17) is 5.73 Å². The lowest BCUT2D eigenvalue weighted by molar-refractivity contribution is 0.100. The monoisotopic (exact) mass is 351 g/mol. The number of nitrogens with zero attached hydrogens (tertiary/aromatic N) is 4. The van der Waals surface area contributed by atoms with Crippen molar-refractivity contribution in [1.29, 1.82) is 0 Å². The Morgan fingerprint density at radius 1 is 1.23 bits per heavy atom. The molecule has 0 saturated carbocycles. The van der Waals surface area contributed by atoms with Crippen LogP contribution in [0, 0.1) is 6.92 Å². The molecular formula is C18H21N7O. The second kappa shape index (κ2) is 7.64. The van der Waals surface area contributed by atoms with E-state index in [-0.39, 0.29) is 5.56 Å². The molecule has 0 aliphatic carbocycles. The van der Waals surface area contributed by atoms with Crippen LogP contribution in [0.3, 0.4) is 0 Å². The number of primary amides is 1. The Kier molecular flexibility index (Phi) is 5.12. The highest BCUT2D eigenvalue weighted by molar-refractivity contribution is 5.97. The van der Waals surface area contributed by atoms with Crippen LogP contribution < -0.4 is 16.4 Å². The molecule has 0 spiro atoms. The zero-order valence-corrected chi connectivity index (χ0v) is 14.7. The van der Waals surface area contributed by atoms with E-state index in [0.717, 1.165) is 17.8 Å². The van der Waals surface area contributed by atoms with Gasteiger partial charge in [-0.2, -0.15) is 10.1 Å². The summed E-state index contributed by atoms with van der Waals surface area (Å²) in [6.45, 7) is 5.32. The number of anilines is 3. The summed E-state index contributed by atoms with van der Waals surface area (Å²) in [7, 11) is 0. The van der Waals surface area contributed by atoms with Gasteiger partial charge in [-0.05, 0) is 19.4 Å². The van der Waals surface area contributed by atoms with E-state index in [1.165, 1.54) is 11.8 Å². The molecule has 4 N–H and O–H groups in total. The molecule has 8 nitrogen and oxygen atoms in total. The molecule has 26 heavy (non-hydrogen) atoms. The Morgan fingerprint density at radius 2 is 2.00 bits per heavy atom.